The maximum absolute atomic E-state index is 5.62. The molecule has 0 unspecified atom stereocenters. The lowest BCUT2D eigenvalue weighted by molar-refractivity contribution is 0.357. The van der Waals surface area contributed by atoms with Crippen molar-refractivity contribution >= 4 is 0 Å². The van der Waals surface area contributed by atoms with Gasteiger partial charge in [-0.15, -0.1) is 0 Å². The molecule has 0 aliphatic carbocycles. The van der Waals surface area contributed by atoms with Crippen molar-refractivity contribution in [2.75, 3.05) is 19.7 Å². The van der Waals surface area contributed by atoms with E-state index in [1.165, 1.54) is 43.5 Å². The molecule has 1 aromatic rings. The number of hydrogen-bond donors (Lipinski definition) is 1. The van der Waals surface area contributed by atoms with E-state index in [9.17, 15) is 0 Å². The summed E-state index contributed by atoms with van der Waals surface area (Å²) in [6, 6.07) is 6.53. The maximum atomic E-state index is 5.62. The van der Waals surface area contributed by atoms with Gasteiger partial charge in [-0.3, -0.25) is 0 Å². The zero-order chi connectivity index (χ0) is 10.8. The van der Waals surface area contributed by atoms with Crippen molar-refractivity contribution in [2.24, 2.45) is 5.92 Å². The first-order chi connectivity index (χ1) is 7.93. The molecule has 1 saturated heterocycles. The molecule has 1 fully saturated rings. The number of hydrogen-bond acceptors (Lipinski definition) is 2. The first-order valence-corrected chi connectivity index (χ1v) is 6.38. The molecule has 2 aliphatic heterocycles. The Labute approximate surface area is 97.0 Å². The summed E-state index contributed by atoms with van der Waals surface area (Å²) < 4.78 is 5.62. The molecule has 2 heterocycles. The molecule has 0 aromatic heterocycles. The summed E-state index contributed by atoms with van der Waals surface area (Å²) in [5.74, 6) is 2.00. The molecule has 1 aromatic carbocycles. The van der Waals surface area contributed by atoms with E-state index in [0.717, 1.165) is 24.7 Å². The number of nitrogens with one attached hydrogen (secondary N) is 1. The van der Waals surface area contributed by atoms with Gasteiger partial charge in [0.25, 0.3) is 0 Å². The Kier molecular flexibility index (Phi) is 2.83. The monoisotopic (exact) mass is 217 g/mol. The van der Waals surface area contributed by atoms with Crippen molar-refractivity contribution in [2.45, 2.75) is 25.7 Å². The summed E-state index contributed by atoms with van der Waals surface area (Å²) in [4.78, 5) is 0. The Balaban J connectivity index is 1.76. The fourth-order valence-corrected chi connectivity index (χ4v) is 2.88. The van der Waals surface area contributed by atoms with E-state index in [-0.39, 0.29) is 0 Å². The standard InChI is InChI=1S/C14H19NO/c1-2-12(10-11-4-7-15-8-5-11)13-6-9-16-14(13)3-1/h1-3,11,15H,4-10H2. The smallest absolute Gasteiger partial charge is 0.122 e. The van der Waals surface area contributed by atoms with Crippen LogP contribution < -0.4 is 10.1 Å². The molecule has 0 saturated carbocycles. The minimum Gasteiger partial charge on any atom is -0.493 e. The summed E-state index contributed by atoms with van der Waals surface area (Å²) >= 11 is 0. The van der Waals surface area contributed by atoms with E-state index < -0.39 is 0 Å². The molecule has 16 heavy (non-hydrogen) atoms. The van der Waals surface area contributed by atoms with E-state index in [1.54, 1.807) is 0 Å². The van der Waals surface area contributed by atoms with Crippen LogP contribution in [-0.4, -0.2) is 19.7 Å². The van der Waals surface area contributed by atoms with Crippen LogP contribution in [0.5, 0.6) is 5.75 Å². The number of fused-ring (bicyclic) bond motifs is 1. The third-order valence-corrected chi connectivity index (χ3v) is 3.81. The molecule has 0 atom stereocenters. The van der Waals surface area contributed by atoms with Crippen LogP contribution >= 0.6 is 0 Å². The van der Waals surface area contributed by atoms with Crippen molar-refractivity contribution in [1.82, 2.24) is 5.32 Å². The topological polar surface area (TPSA) is 21.3 Å². The molecule has 3 rings (SSSR count). The molecule has 86 valence electrons. The van der Waals surface area contributed by atoms with Gasteiger partial charge in [0.15, 0.2) is 0 Å². The summed E-state index contributed by atoms with van der Waals surface area (Å²) in [5.41, 5.74) is 3.00. The number of ether oxygens (including phenoxy) is 1. The first-order valence-electron chi connectivity index (χ1n) is 6.38. The molecule has 0 spiro atoms. The fraction of sp³-hybridized carbons (Fsp3) is 0.571. The van der Waals surface area contributed by atoms with E-state index in [2.05, 4.69) is 23.5 Å². The highest BCUT2D eigenvalue weighted by molar-refractivity contribution is 5.43. The first kappa shape index (κ1) is 10.2. The average Bonchev–Trinajstić information content (AvgIpc) is 2.80. The van der Waals surface area contributed by atoms with Crippen molar-refractivity contribution in [3.05, 3.63) is 29.3 Å². The van der Waals surface area contributed by atoms with Gasteiger partial charge in [0.2, 0.25) is 0 Å². The lowest BCUT2D eigenvalue weighted by Gasteiger charge is -2.23. The summed E-state index contributed by atoms with van der Waals surface area (Å²) in [5, 5.41) is 3.43. The van der Waals surface area contributed by atoms with Crippen LogP contribution in [0.25, 0.3) is 0 Å². The highest BCUT2D eigenvalue weighted by atomic mass is 16.5. The highest BCUT2D eigenvalue weighted by Gasteiger charge is 2.19. The third-order valence-electron chi connectivity index (χ3n) is 3.81. The molecule has 0 bridgehead atoms. The SMILES string of the molecule is c1cc(CC2CCNCC2)c2c(c1)OCC2. The van der Waals surface area contributed by atoms with Gasteiger partial charge in [-0.05, 0) is 49.9 Å². The van der Waals surface area contributed by atoms with Crippen LogP contribution in [0.4, 0.5) is 0 Å². The van der Waals surface area contributed by atoms with E-state index in [1.807, 2.05) is 0 Å². The van der Waals surface area contributed by atoms with Gasteiger partial charge in [0.05, 0.1) is 6.61 Å². The second-order valence-corrected chi connectivity index (χ2v) is 4.89. The average molecular weight is 217 g/mol. The summed E-state index contributed by atoms with van der Waals surface area (Å²) in [6.45, 7) is 3.25. The van der Waals surface area contributed by atoms with Gasteiger partial charge in [-0.1, -0.05) is 12.1 Å². The zero-order valence-electron chi connectivity index (χ0n) is 9.67. The molecular formula is C14H19NO. The quantitative estimate of drug-likeness (QED) is 0.819. The Hall–Kier alpha value is -1.02. The second-order valence-electron chi connectivity index (χ2n) is 4.89. The van der Waals surface area contributed by atoms with Gasteiger partial charge in [0, 0.05) is 12.0 Å². The van der Waals surface area contributed by atoms with Gasteiger partial charge in [-0.2, -0.15) is 0 Å². The van der Waals surface area contributed by atoms with Crippen LogP contribution in [0.1, 0.15) is 24.0 Å². The molecule has 0 radical (unpaired) electrons. The molecule has 2 heteroatoms. The van der Waals surface area contributed by atoms with Gasteiger partial charge in [-0.25, -0.2) is 0 Å². The van der Waals surface area contributed by atoms with Crippen molar-refractivity contribution < 1.29 is 4.74 Å². The van der Waals surface area contributed by atoms with Crippen LogP contribution in [0, 0.1) is 5.92 Å². The number of benzene rings is 1. The molecule has 1 N–H and O–H groups in total. The minimum atomic E-state index is 0.869. The Bertz CT molecular complexity index is 369. The predicted octanol–water partition coefficient (Wildman–Crippen LogP) is 2.16. The fourth-order valence-electron chi connectivity index (χ4n) is 2.88. The summed E-state index contributed by atoms with van der Waals surface area (Å²) in [6.07, 6.45) is 5.00. The van der Waals surface area contributed by atoms with Crippen LogP contribution in [0.3, 0.4) is 0 Å². The zero-order valence-corrected chi connectivity index (χ0v) is 9.67. The van der Waals surface area contributed by atoms with Crippen LogP contribution in [0.2, 0.25) is 0 Å². The lowest BCUT2D eigenvalue weighted by atomic mass is 9.88. The van der Waals surface area contributed by atoms with Crippen molar-refractivity contribution in [1.29, 1.82) is 0 Å². The largest absolute Gasteiger partial charge is 0.493 e. The maximum Gasteiger partial charge on any atom is 0.122 e. The van der Waals surface area contributed by atoms with Crippen molar-refractivity contribution in [3.63, 3.8) is 0 Å². The second kappa shape index (κ2) is 4.46. The van der Waals surface area contributed by atoms with Crippen LogP contribution in [0.15, 0.2) is 18.2 Å². The highest BCUT2D eigenvalue weighted by Crippen LogP contribution is 2.30. The molecule has 0 amide bonds. The molecule has 2 nitrogen and oxygen atoms in total. The Morgan fingerprint density at radius 2 is 2.12 bits per heavy atom. The third kappa shape index (κ3) is 1.94. The van der Waals surface area contributed by atoms with E-state index >= 15 is 0 Å². The number of rotatable bonds is 2. The normalized spacial score (nSPS) is 20.5. The van der Waals surface area contributed by atoms with Crippen molar-refractivity contribution in [3.8, 4) is 5.75 Å². The van der Waals surface area contributed by atoms with Crippen LogP contribution in [-0.2, 0) is 12.8 Å². The van der Waals surface area contributed by atoms with Gasteiger partial charge in [0.1, 0.15) is 5.75 Å². The Morgan fingerprint density at radius 3 is 3.00 bits per heavy atom. The minimum absolute atomic E-state index is 0.869. The van der Waals surface area contributed by atoms with Gasteiger partial charge >= 0.3 is 0 Å². The predicted molar refractivity (Wildman–Crippen MR) is 64.9 cm³/mol. The lowest BCUT2D eigenvalue weighted by Crippen LogP contribution is -2.28. The molecular weight excluding hydrogens is 198 g/mol. The van der Waals surface area contributed by atoms with E-state index in [0.29, 0.717) is 0 Å². The van der Waals surface area contributed by atoms with E-state index in [4.69, 9.17) is 4.74 Å². The van der Waals surface area contributed by atoms with Gasteiger partial charge < -0.3 is 10.1 Å². The number of piperidine rings is 1. The summed E-state index contributed by atoms with van der Waals surface area (Å²) in [7, 11) is 0. The molecule has 2 aliphatic rings. The Morgan fingerprint density at radius 1 is 1.25 bits per heavy atom.